The summed E-state index contributed by atoms with van der Waals surface area (Å²) >= 11 is 0. The smallest absolute Gasteiger partial charge is 0.120 e. The summed E-state index contributed by atoms with van der Waals surface area (Å²) in [6, 6.07) is 2.90. The maximum absolute atomic E-state index is 5.92. The van der Waals surface area contributed by atoms with E-state index in [-0.39, 0.29) is 0 Å². The summed E-state index contributed by atoms with van der Waals surface area (Å²) in [5, 5.41) is 3.31. The largest absolute Gasteiger partial charge is 0.463 e. The number of aryl methyl sites for hydroxylation is 1. The van der Waals surface area contributed by atoms with E-state index in [1.54, 1.807) is 0 Å². The molecule has 0 bridgehead atoms. The lowest BCUT2D eigenvalue weighted by Gasteiger charge is -2.19. The van der Waals surface area contributed by atoms with Crippen LogP contribution in [0.25, 0.3) is 0 Å². The molecule has 96 valence electrons. The minimum atomic E-state index is 0.706. The summed E-state index contributed by atoms with van der Waals surface area (Å²) < 4.78 is 5.92. The van der Waals surface area contributed by atoms with Crippen LogP contribution in [0.4, 0.5) is 0 Å². The maximum Gasteiger partial charge on any atom is 0.120 e. The van der Waals surface area contributed by atoms with Crippen LogP contribution in [0.5, 0.6) is 0 Å². The Morgan fingerprint density at radius 2 is 2.35 bits per heavy atom. The molecule has 1 atom stereocenters. The Kier molecular flexibility index (Phi) is 4.24. The average Bonchev–Trinajstić information content (AvgIpc) is 2.84. The summed E-state index contributed by atoms with van der Waals surface area (Å²) in [6.07, 6.45) is 2.65. The Balaban J connectivity index is 1.96. The zero-order chi connectivity index (χ0) is 12.3. The van der Waals surface area contributed by atoms with Gasteiger partial charge >= 0.3 is 0 Å². The molecule has 0 saturated carbocycles. The van der Waals surface area contributed by atoms with Crippen LogP contribution in [0.3, 0.4) is 0 Å². The third-order valence-electron chi connectivity index (χ3n) is 3.66. The molecule has 0 amide bonds. The van der Waals surface area contributed by atoms with Gasteiger partial charge in [0.05, 0.1) is 13.1 Å². The van der Waals surface area contributed by atoms with Gasteiger partial charge in [0.1, 0.15) is 11.5 Å². The van der Waals surface area contributed by atoms with Crippen molar-refractivity contribution < 1.29 is 4.42 Å². The predicted octanol–water partition coefficient (Wildman–Crippen LogP) is 2.68. The van der Waals surface area contributed by atoms with Gasteiger partial charge < -0.3 is 9.73 Å². The highest BCUT2D eigenvalue weighted by Crippen LogP contribution is 2.22. The molecular formula is C14H24N2O. The van der Waals surface area contributed by atoms with Crippen molar-refractivity contribution in [1.82, 2.24) is 10.2 Å². The first kappa shape index (κ1) is 12.7. The van der Waals surface area contributed by atoms with Crippen LogP contribution < -0.4 is 5.32 Å². The van der Waals surface area contributed by atoms with Crippen molar-refractivity contribution in [3.8, 4) is 0 Å². The van der Waals surface area contributed by atoms with E-state index in [0.717, 1.165) is 31.2 Å². The molecule has 1 aromatic heterocycles. The third kappa shape index (κ3) is 3.11. The van der Waals surface area contributed by atoms with Crippen LogP contribution in [0.2, 0.25) is 0 Å². The topological polar surface area (TPSA) is 28.4 Å². The second-order valence-corrected chi connectivity index (χ2v) is 5.06. The summed E-state index contributed by atoms with van der Waals surface area (Å²) in [7, 11) is 0. The Bertz CT molecular complexity index is 359. The number of furan rings is 1. The molecule has 2 heterocycles. The van der Waals surface area contributed by atoms with Crippen molar-refractivity contribution >= 4 is 0 Å². The lowest BCUT2D eigenvalue weighted by molar-refractivity contribution is 0.236. The summed E-state index contributed by atoms with van der Waals surface area (Å²) in [4.78, 5) is 2.51. The molecule has 1 aromatic rings. The molecule has 0 spiro atoms. The van der Waals surface area contributed by atoms with Crippen molar-refractivity contribution in [2.24, 2.45) is 0 Å². The molecule has 1 unspecified atom stereocenters. The molecule has 17 heavy (non-hydrogen) atoms. The van der Waals surface area contributed by atoms with E-state index in [2.05, 4.69) is 37.1 Å². The van der Waals surface area contributed by atoms with Gasteiger partial charge in [-0.3, -0.25) is 4.90 Å². The zero-order valence-corrected chi connectivity index (χ0v) is 11.3. The molecule has 0 aliphatic carbocycles. The third-order valence-corrected chi connectivity index (χ3v) is 3.66. The highest BCUT2D eigenvalue weighted by Gasteiger charge is 2.21. The summed E-state index contributed by atoms with van der Waals surface area (Å²) in [6.45, 7) is 10.6. The second-order valence-electron chi connectivity index (χ2n) is 5.06. The molecule has 1 N–H and O–H groups in total. The molecule has 0 aromatic carbocycles. The van der Waals surface area contributed by atoms with E-state index in [4.69, 9.17) is 4.42 Å². The van der Waals surface area contributed by atoms with Crippen molar-refractivity contribution in [3.63, 3.8) is 0 Å². The second kappa shape index (κ2) is 5.69. The molecule has 0 radical (unpaired) electrons. The summed E-state index contributed by atoms with van der Waals surface area (Å²) in [5.41, 5.74) is 1.27. The fourth-order valence-corrected chi connectivity index (χ4v) is 2.51. The first-order valence-corrected chi connectivity index (χ1v) is 6.73. The van der Waals surface area contributed by atoms with Crippen LogP contribution in [-0.4, -0.2) is 24.0 Å². The van der Waals surface area contributed by atoms with Crippen molar-refractivity contribution in [2.75, 3.05) is 13.1 Å². The van der Waals surface area contributed by atoms with E-state index in [1.165, 1.54) is 24.9 Å². The number of nitrogens with zero attached hydrogens (tertiary/aromatic N) is 1. The van der Waals surface area contributed by atoms with Crippen LogP contribution >= 0.6 is 0 Å². The minimum Gasteiger partial charge on any atom is -0.463 e. The Labute approximate surface area is 104 Å². The van der Waals surface area contributed by atoms with Crippen molar-refractivity contribution in [2.45, 2.75) is 52.7 Å². The minimum absolute atomic E-state index is 0.706. The van der Waals surface area contributed by atoms with E-state index in [1.807, 2.05) is 0 Å². The van der Waals surface area contributed by atoms with Gasteiger partial charge in [0, 0.05) is 6.04 Å². The van der Waals surface area contributed by atoms with Crippen molar-refractivity contribution in [3.05, 3.63) is 23.2 Å². The molecule has 1 saturated heterocycles. The molecule has 1 aliphatic heterocycles. The van der Waals surface area contributed by atoms with Crippen LogP contribution in [0, 0.1) is 6.92 Å². The van der Waals surface area contributed by atoms with Crippen LogP contribution in [0.1, 0.15) is 43.8 Å². The molecule has 1 aliphatic rings. The van der Waals surface area contributed by atoms with Gasteiger partial charge in [-0.2, -0.15) is 0 Å². The van der Waals surface area contributed by atoms with Gasteiger partial charge in [-0.15, -0.1) is 0 Å². The van der Waals surface area contributed by atoms with E-state index < -0.39 is 0 Å². The molecule has 1 fully saturated rings. The fraction of sp³-hybridized carbons (Fsp3) is 0.714. The monoisotopic (exact) mass is 236 g/mol. The molecular weight excluding hydrogens is 212 g/mol. The standard InChI is InChI=1S/C14H24N2O/c1-4-15-9-14-11(2)8-13(17-14)10-16-7-5-6-12(16)3/h8,12,15H,4-7,9-10H2,1-3H3. The Hall–Kier alpha value is -0.800. The number of rotatable bonds is 5. The number of hydrogen-bond acceptors (Lipinski definition) is 3. The lowest BCUT2D eigenvalue weighted by Crippen LogP contribution is -2.25. The van der Waals surface area contributed by atoms with E-state index >= 15 is 0 Å². The van der Waals surface area contributed by atoms with E-state index in [9.17, 15) is 0 Å². The average molecular weight is 236 g/mol. The van der Waals surface area contributed by atoms with Gasteiger partial charge in [0.25, 0.3) is 0 Å². The molecule has 3 heteroatoms. The van der Waals surface area contributed by atoms with Gasteiger partial charge in [-0.05, 0) is 51.4 Å². The summed E-state index contributed by atoms with van der Waals surface area (Å²) in [5.74, 6) is 2.21. The highest BCUT2D eigenvalue weighted by atomic mass is 16.3. The van der Waals surface area contributed by atoms with Gasteiger partial charge in [-0.25, -0.2) is 0 Å². The quantitative estimate of drug-likeness (QED) is 0.852. The first-order chi connectivity index (χ1) is 8.20. The number of likely N-dealkylation sites (tertiary alicyclic amines) is 1. The normalized spacial score (nSPS) is 21.2. The highest BCUT2D eigenvalue weighted by molar-refractivity contribution is 5.20. The molecule has 3 nitrogen and oxygen atoms in total. The van der Waals surface area contributed by atoms with E-state index in [0.29, 0.717) is 6.04 Å². The van der Waals surface area contributed by atoms with Crippen LogP contribution in [0.15, 0.2) is 10.5 Å². The van der Waals surface area contributed by atoms with Crippen molar-refractivity contribution in [1.29, 1.82) is 0 Å². The van der Waals surface area contributed by atoms with Gasteiger partial charge in [0.15, 0.2) is 0 Å². The first-order valence-electron chi connectivity index (χ1n) is 6.73. The molecule has 2 rings (SSSR count). The number of hydrogen-bond donors (Lipinski definition) is 1. The lowest BCUT2D eigenvalue weighted by atomic mass is 10.2. The number of nitrogens with one attached hydrogen (secondary N) is 1. The SMILES string of the molecule is CCNCc1oc(CN2CCCC2C)cc1C. The Morgan fingerprint density at radius 3 is 3.00 bits per heavy atom. The Morgan fingerprint density at radius 1 is 1.53 bits per heavy atom. The van der Waals surface area contributed by atoms with Crippen LogP contribution in [-0.2, 0) is 13.1 Å². The maximum atomic E-state index is 5.92. The van der Waals surface area contributed by atoms with Gasteiger partial charge in [0.2, 0.25) is 0 Å². The fourth-order valence-electron chi connectivity index (χ4n) is 2.51. The predicted molar refractivity (Wildman–Crippen MR) is 69.9 cm³/mol. The van der Waals surface area contributed by atoms with Gasteiger partial charge in [-0.1, -0.05) is 6.92 Å². The zero-order valence-electron chi connectivity index (χ0n) is 11.3.